The van der Waals surface area contributed by atoms with Gasteiger partial charge in [-0.15, -0.1) is 0 Å². The van der Waals surface area contributed by atoms with Gasteiger partial charge in [0.1, 0.15) is 0 Å². The van der Waals surface area contributed by atoms with Crippen LogP contribution in [0, 0.1) is 12.8 Å². The zero-order valence-corrected chi connectivity index (χ0v) is 13.1. The first-order valence-electron chi connectivity index (χ1n) is 8.04. The molecule has 3 heterocycles. The van der Waals surface area contributed by atoms with Gasteiger partial charge in [-0.05, 0) is 25.7 Å². The van der Waals surface area contributed by atoms with E-state index in [2.05, 4.69) is 26.9 Å². The zero-order valence-electron chi connectivity index (χ0n) is 13.1. The lowest BCUT2D eigenvalue weighted by atomic mass is 9.95. The largest absolute Gasteiger partial charge is 0.378 e. The van der Waals surface area contributed by atoms with Crippen molar-refractivity contribution in [1.29, 1.82) is 0 Å². The number of hydrogen-bond acceptors (Lipinski definition) is 6. The van der Waals surface area contributed by atoms with Gasteiger partial charge < -0.3 is 14.2 Å². The molecule has 118 valence electrons. The Balaban J connectivity index is 1.40. The monoisotopic (exact) mass is 294 g/mol. The number of piperazine rings is 1. The molecule has 0 saturated carbocycles. The highest BCUT2D eigenvalue weighted by Gasteiger charge is 2.24. The minimum Gasteiger partial charge on any atom is -0.378 e. The molecule has 2 saturated heterocycles. The Labute approximate surface area is 126 Å². The molecule has 3 rings (SSSR count). The Kier molecular flexibility index (Phi) is 4.87. The van der Waals surface area contributed by atoms with Crippen molar-refractivity contribution >= 4 is 0 Å². The zero-order chi connectivity index (χ0) is 14.7. The van der Waals surface area contributed by atoms with E-state index in [0.717, 1.165) is 51.1 Å². The van der Waals surface area contributed by atoms with Crippen molar-refractivity contribution in [2.75, 3.05) is 39.3 Å². The maximum atomic E-state index is 5.63. The van der Waals surface area contributed by atoms with Crippen LogP contribution in [0.25, 0.3) is 0 Å². The Hall–Kier alpha value is -0.980. The summed E-state index contributed by atoms with van der Waals surface area (Å²) in [5.41, 5.74) is 0. The van der Waals surface area contributed by atoms with Crippen LogP contribution >= 0.6 is 0 Å². The van der Waals surface area contributed by atoms with Crippen molar-refractivity contribution in [1.82, 2.24) is 19.9 Å². The molecule has 21 heavy (non-hydrogen) atoms. The van der Waals surface area contributed by atoms with Crippen molar-refractivity contribution < 1.29 is 9.26 Å². The molecule has 2 fully saturated rings. The summed E-state index contributed by atoms with van der Waals surface area (Å²) in [4.78, 5) is 9.29. The molecule has 6 heteroatoms. The van der Waals surface area contributed by atoms with E-state index in [9.17, 15) is 0 Å². The van der Waals surface area contributed by atoms with Gasteiger partial charge in [0.2, 0.25) is 5.89 Å². The minimum absolute atomic E-state index is 0.437. The highest BCUT2D eigenvalue weighted by molar-refractivity contribution is 4.86. The third-order valence-corrected chi connectivity index (χ3v) is 4.51. The van der Waals surface area contributed by atoms with Gasteiger partial charge in [-0.25, -0.2) is 0 Å². The summed E-state index contributed by atoms with van der Waals surface area (Å²) in [7, 11) is 0. The molecule has 1 aromatic heterocycles. The fourth-order valence-electron chi connectivity index (χ4n) is 3.36. The molecule has 0 aromatic carbocycles. The molecule has 0 bridgehead atoms. The van der Waals surface area contributed by atoms with Gasteiger partial charge in [0, 0.05) is 46.3 Å². The van der Waals surface area contributed by atoms with Crippen molar-refractivity contribution in [2.45, 2.75) is 39.3 Å². The van der Waals surface area contributed by atoms with E-state index in [4.69, 9.17) is 9.26 Å². The summed E-state index contributed by atoms with van der Waals surface area (Å²) in [6.45, 7) is 11.5. The molecule has 0 unspecified atom stereocenters. The molecule has 0 aliphatic carbocycles. The molecule has 0 spiro atoms. The molecule has 2 aliphatic heterocycles. The van der Waals surface area contributed by atoms with Crippen LogP contribution in [-0.2, 0) is 11.3 Å². The first-order chi connectivity index (χ1) is 10.2. The summed E-state index contributed by atoms with van der Waals surface area (Å²) < 4.78 is 10.7. The minimum atomic E-state index is 0.437. The predicted octanol–water partition coefficient (Wildman–Crippen LogP) is 1.31. The van der Waals surface area contributed by atoms with Gasteiger partial charge in [-0.3, -0.25) is 4.90 Å². The number of rotatable bonds is 4. The summed E-state index contributed by atoms with van der Waals surface area (Å²) in [5.74, 6) is 2.26. The SMILES string of the molecule is Cc1nc(CN2CCN(C[C@H]3CCO[C@H](C)C3)CC2)no1. The van der Waals surface area contributed by atoms with Gasteiger partial charge in [-0.1, -0.05) is 5.16 Å². The second kappa shape index (κ2) is 6.85. The number of ether oxygens (including phenoxy) is 1. The molecular weight excluding hydrogens is 268 g/mol. The first-order valence-corrected chi connectivity index (χ1v) is 8.04. The molecule has 1 aromatic rings. The van der Waals surface area contributed by atoms with Crippen molar-refractivity contribution in [2.24, 2.45) is 5.92 Å². The van der Waals surface area contributed by atoms with Crippen molar-refractivity contribution in [3.8, 4) is 0 Å². The third kappa shape index (κ3) is 4.25. The van der Waals surface area contributed by atoms with E-state index >= 15 is 0 Å². The number of aryl methyl sites for hydroxylation is 1. The van der Waals surface area contributed by atoms with Gasteiger partial charge >= 0.3 is 0 Å². The fourth-order valence-corrected chi connectivity index (χ4v) is 3.36. The summed E-state index contributed by atoms with van der Waals surface area (Å²) in [6.07, 6.45) is 2.86. The van der Waals surface area contributed by atoms with E-state index in [-0.39, 0.29) is 0 Å². The van der Waals surface area contributed by atoms with Crippen LogP contribution in [0.1, 0.15) is 31.5 Å². The number of hydrogen-bond donors (Lipinski definition) is 0. The summed E-state index contributed by atoms with van der Waals surface area (Å²) >= 11 is 0. The summed E-state index contributed by atoms with van der Waals surface area (Å²) in [5, 5.41) is 3.98. The van der Waals surface area contributed by atoms with Crippen LogP contribution in [-0.4, -0.2) is 65.4 Å². The normalized spacial score (nSPS) is 28.9. The van der Waals surface area contributed by atoms with E-state index < -0.39 is 0 Å². The lowest BCUT2D eigenvalue weighted by Crippen LogP contribution is -2.48. The smallest absolute Gasteiger partial charge is 0.223 e. The first kappa shape index (κ1) is 14.9. The molecule has 2 atom stereocenters. The molecule has 0 amide bonds. The topological polar surface area (TPSA) is 54.6 Å². The average molecular weight is 294 g/mol. The number of aromatic nitrogens is 2. The van der Waals surface area contributed by atoms with E-state index in [1.807, 2.05) is 6.92 Å². The fraction of sp³-hybridized carbons (Fsp3) is 0.867. The van der Waals surface area contributed by atoms with Gasteiger partial charge in [0.05, 0.1) is 12.6 Å². The van der Waals surface area contributed by atoms with Gasteiger partial charge in [-0.2, -0.15) is 4.98 Å². The van der Waals surface area contributed by atoms with Crippen molar-refractivity contribution in [3.63, 3.8) is 0 Å². The standard InChI is InChI=1S/C15H26N4O2/c1-12-9-14(3-8-20-12)10-18-4-6-19(7-5-18)11-15-16-13(2)21-17-15/h12,14H,3-11H2,1-2H3/t12-,14+/m1/s1. The highest BCUT2D eigenvalue weighted by atomic mass is 16.5. The van der Waals surface area contributed by atoms with Gasteiger partial charge in [0.15, 0.2) is 5.82 Å². The van der Waals surface area contributed by atoms with E-state index in [1.165, 1.54) is 19.4 Å². The molecule has 6 nitrogen and oxygen atoms in total. The summed E-state index contributed by atoms with van der Waals surface area (Å²) in [6, 6.07) is 0. The lowest BCUT2D eigenvalue weighted by Gasteiger charge is -2.37. The van der Waals surface area contributed by atoms with Crippen LogP contribution in [0.2, 0.25) is 0 Å². The maximum Gasteiger partial charge on any atom is 0.223 e. The Morgan fingerprint density at radius 1 is 1.19 bits per heavy atom. The molecule has 0 N–H and O–H groups in total. The molecule has 0 radical (unpaired) electrons. The van der Waals surface area contributed by atoms with Crippen LogP contribution in [0.5, 0.6) is 0 Å². The molecule has 2 aliphatic rings. The highest BCUT2D eigenvalue weighted by Crippen LogP contribution is 2.21. The third-order valence-electron chi connectivity index (χ3n) is 4.51. The van der Waals surface area contributed by atoms with Crippen molar-refractivity contribution in [3.05, 3.63) is 11.7 Å². The molecular formula is C15H26N4O2. The Bertz CT molecular complexity index is 443. The second-order valence-corrected chi connectivity index (χ2v) is 6.38. The van der Waals surface area contributed by atoms with Crippen LogP contribution in [0.3, 0.4) is 0 Å². The van der Waals surface area contributed by atoms with E-state index in [0.29, 0.717) is 12.0 Å². The maximum absolute atomic E-state index is 5.63. The predicted molar refractivity (Wildman–Crippen MR) is 78.9 cm³/mol. The van der Waals surface area contributed by atoms with Crippen LogP contribution < -0.4 is 0 Å². The Morgan fingerprint density at radius 2 is 1.95 bits per heavy atom. The Morgan fingerprint density at radius 3 is 2.62 bits per heavy atom. The average Bonchev–Trinajstić information content (AvgIpc) is 2.86. The number of nitrogens with zero attached hydrogens (tertiary/aromatic N) is 4. The second-order valence-electron chi connectivity index (χ2n) is 6.38. The van der Waals surface area contributed by atoms with E-state index in [1.54, 1.807) is 0 Å². The quantitative estimate of drug-likeness (QED) is 0.834. The van der Waals surface area contributed by atoms with Crippen LogP contribution in [0.4, 0.5) is 0 Å². The van der Waals surface area contributed by atoms with Gasteiger partial charge in [0.25, 0.3) is 0 Å². The van der Waals surface area contributed by atoms with Crippen LogP contribution in [0.15, 0.2) is 4.52 Å². The lowest BCUT2D eigenvalue weighted by molar-refractivity contribution is -0.00966.